The van der Waals surface area contributed by atoms with Crippen LogP contribution in [-0.2, 0) is 10.0 Å². The van der Waals surface area contributed by atoms with Gasteiger partial charge in [-0.25, -0.2) is 18.4 Å². The van der Waals surface area contributed by atoms with Gasteiger partial charge in [-0.15, -0.1) is 0 Å². The Morgan fingerprint density at radius 3 is 2.23 bits per heavy atom. The minimum atomic E-state index is -3.50. The summed E-state index contributed by atoms with van der Waals surface area (Å²) in [5.41, 5.74) is 0. The molecule has 0 saturated carbocycles. The summed E-state index contributed by atoms with van der Waals surface area (Å²) in [7, 11) is 0.0917. The van der Waals surface area contributed by atoms with Crippen molar-refractivity contribution in [2.75, 3.05) is 76.3 Å². The van der Waals surface area contributed by atoms with Gasteiger partial charge in [-0.2, -0.15) is 9.29 Å². The van der Waals surface area contributed by atoms with Crippen LogP contribution in [-0.4, -0.2) is 99.1 Å². The molecule has 2 fully saturated rings. The summed E-state index contributed by atoms with van der Waals surface area (Å²) in [6, 6.07) is 5.18. The Bertz CT molecular complexity index is 954. The van der Waals surface area contributed by atoms with Crippen LogP contribution < -0.4 is 14.5 Å². The number of hydrogen-bond acceptors (Lipinski definition) is 9. The summed E-state index contributed by atoms with van der Waals surface area (Å²) in [6.45, 7) is 5.49. The van der Waals surface area contributed by atoms with Crippen molar-refractivity contribution in [1.82, 2.24) is 24.2 Å². The van der Waals surface area contributed by atoms with Crippen LogP contribution in [0.1, 0.15) is 0 Å². The fraction of sp³-hybridized carbons (Fsp3) is 0.526. The molecule has 162 valence electrons. The first-order chi connectivity index (χ1) is 14.5. The van der Waals surface area contributed by atoms with E-state index in [2.05, 4.69) is 29.7 Å². The van der Waals surface area contributed by atoms with Crippen LogP contribution in [0.5, 0.6) is 5.88 Å². The van der Waals surface area contributed by atoms with Crippen molar-refractivity contribution in [2.24, 2.45) is 0 Å². The highest BCUT2D eigenvalue weighted by atomic mass is 32.2. The topological polar surface area (TPSA) is 95.0 Å². The van der Waals surface area contributed by atoms with Crippen molar-refractivity contribution in [3.05, 3.63) is 30.6 Å². The largest absolute Gasteiger partial charge is 0.481 e. The van der Waals surface area contributed by atoms with Gasteiger partial charge in [0.05, 0.1) is 7.11 Å². The third-order valence-corrected chi connectivity index (χ3v) is 7.42. The first-order valence-corrected chi connectivity index (χ1v) is 11.4. The van der Waals surface area contributed by atoms with Gasteiger partial charge in [0.15, 0.2) is 0 Å². The molecule has 2 aliphatic rings. The number of aromatic nitrogens is 3. The minimum absolute atomic E-state index is 0.249. The third-order valence-electron chi connectivity index (χ3n) is 5.53. The van der Waals surface area contributed by atoms with Crippen molar-refractivity contribution in [1.29, 1.82) is 0 Å². The normalized spacial score (nSPS) is 19.1. The molecule has 0 bridgehead atoms. The number of piperazine rings is 2. The van der Waals surface area contributed by atoms with Gasteiger partial charge in [0.25, 0.3) is 0 Å². The molecule has 2 aromatic heterocycles. The summed E-state index contributed by atoms with van der Waals surface area (Å²) < 4.78 is 32.4. The number of hydrogen-bond donors (Lipinski definition) is 0. The molecular weight excluding hydrogens is 406 g/mol. The van der Waals surface area contributed by atoms with Crippen LogP contribution in [0.15, 0.2) is 35.5 Å². The molecule has 30 heavy (non-hydrogen) atoms. The first kappa shape index (κ1) is 20.8. The number of anilines is 2. The average Bonchev–Trinajstić information content (AvgIpc) is 2.79. The van der Waals surface area contributed by atoms with Crippen LogP contribution in [0.4, 0.5) is 11.8 Å². The van der Waals surface area contributed by atoms with Gasteiger partial charge in [0.1, 0.15) is 10.7 Å². The maximum atomic E-state index is 12.9. The molecule has 0 aromatic carbocycles. The summed E-state index contributed by atoms with van der Waals surface area (Å²) in [6.07, 6.45) is 3.16. The van der Waals surface area contributed by atoms with Gasteiger partial charge in [0, 0.05) is 70.8 Å². The van der Waals surface area contributed by atoms with Gasteiger partial charge in [-0.05, 0) is 19.2 Å². The van der Waals surface area contributed by atoms with Crippen LogP contribution in [0.3, 0.4) is 0 Å². The molecule has 0 unspecified atom stereocenters. The number of pyridine rings is 1. The molecule has 0 atom stereocenters. The molecule has 0 aliphatic carbocycles. The standard InChI is InChI=1S/C19H27N7O3S/c1-23-7-13-26(14-8-23)30(27,28)16-3-4-17(21-15-16)24-9-11-25(12-10-24)19-20-6-5-18(22-19)29-2/h3-6,15H,7-14H2,1-2H3. The average molecular weight is 434 g/mol. The van der Waals surface area contributed by atoms with E-state index in [9.17, 15) is 8.42 Å². The van der Waals surface area contributed by atoms with Gasteiger partial charge < -0.3 is 19.4 Å². The van der Waals surface area contributed by atoms with E-state index in [1.54, 1.807) is 31.5 Å². The molecule has 0 radical (unpaired) electrons. The zero-order valence-corrected chi connectivity index (χ0v) is 18.1. The Hall–Kier alpha value is -2.50. The van der Waals surface area contributed by atoms with Crippen molar-refractivity contribution < 1.29 is 13.2 Å². The lowest BCUT2D eigenvalue weighted by Gasteiger charge is -2.35. The van der Waals surface area contributed by atoms with E-state index in [1.807, 2.05) is 7.05 Å². The second-order valence-corrected chi connectivity index (χ2v) is 9.37. The summed E-state index contributed by atoms with van der Waals surface area (Å²) in [5, 5.41) is 0. The SMILES string of the molecule is COc1ccnc(N2CCN(c3ccc(S(=O)(=O)N4CCN(C)CC4)cn3)CC2)n1. The third kappa shape index (κ3) is 4.32. The van der Waals surface area contributed by atoms with E-state index in [-0.39, 0.29) is 4.90 Å². The molecule has 0 spiro atoms. The molecule has 4 rings (SSSR count). The Labute approximate surface area is 177 Å². The number of sulfonamides is 1. The fourth-order valence-electron chi connectivity index (χ4n) is 3.62. The second kappa shape index (κ2) is 8.70. The lowest BCUT2D eigenvalue weighted by atomic mass is 10.3. The molecule has 10 nitrogen and oxygen atoms in total. The van der Waals surface area contributed by atoms with Crippen LogP contribution in [0.25, 0.3) is 0 Å². The van der Waals surface area contributed by atoms with Gasteiger partial charge in [-0.1, -0.05) is 0 Å². The van der Waals surface area contributed by atoms with E-state index in [4.69, 9.17) is 4.74 Å². The van der Waals surface area contributed by atoms with E-state index in [0.717, 1.165) is 45.1 Å². The van der Waals surface area contributed by atoms with Crippen LogP contribution in [0, 0.1) is 0 Å². The molecule has 2 saturated heterocycles. The number of likely N-dealkylation sites (N-methyl/N-ethyl adjacent to an activating group) is 1. The van der Waals surface area contributed by atoms with Crippen molar-refractivity contribution in [2.45, 2.75) is 4.90 Å². The lowest BCUT2D eigenvalue weighted by Crippen LogP contribution is -2.47. The molecule has 11 heteroatoms. The highest BCUT2D eigenvalue weighted by Crippen LogP contribution is 2.21. The molecule has 2 aromatic rings. The maximum absolute atomic E-state index is 12.9. The number of nitrogens with zero attached hydrogens (tertiary/aromatic N) is 7. The van der Waals surface area contributed by atoms with E-state index >= 15 is 0 Å². The molecule has 0 N–H and O–H groups in total. The number of ether oxygens (including phenoxy) is 1. The van der Waals surface area contributed by atoms with Gasteiger partial charge in [0.2, 0.25) is 21.9 Å². The van der Waals surface area contributed by atoms with Crippen LogP contribution in [0.2, 0.25) is 0 Å². The molecule has 0 amide bonds. The van der Waals surface area contributed by atoms with Crippen molar-refractivity contribution >= 4 is 21.8 Å². The van der Waals surface area contributed by atoms with E-state index in [0.29, 0.717) is 24.9 Å². The monoisotopic (exact) mass is 433 g/mol. The number of methoxy groups -OCH3 is 1. The minimum Gasteiger partial charge on any atom is -0.481 e. The predicted octanol–water partition coefficient (Wildman–Crippen LogP) is 0.143. The predicted molar refractivity (Wildman–Crippen MR) is 114 cm³/mol. The van der Waals surface area contributed by atoms with Gasteiger partial charge in [-0.3, -0.25) is 0 Å². The Morgan fingerprint density at radius 1 is 0.900 bits per heavy atom. The second-order valence-electron chi connectivity index (χ2n) is 7.43. The van der Waals surface area contributed by atoms with E-state index < -0.39 is 10.0 Å². The summed E-state index contributed by atoms with van der Waals surface area (Å²) in [4.78, 5) is 19.8. The maximum Gasteiger partial charge on any atom is 0.244 e. The van der Waals surface area contributed by atoms with Crippen LogP contribution >= 0.6 is 0 Å². The van der Waals surface area contributed by atoms with Gasteiger partial charge >= 0.3 is 0 Å². The molecular formula is C19H27N7O3S. The summed E-state index contributed by atoms with van der Waals surface area (Å²) >= 11 is 0. The lowest BCUT2D eigenvalue weighted by molar-refractivity contribution is 0.222. The quantitative estimate of drug-likeness (QED) is 0.653. The Balaban J connectivity index is 1.39. The highest BCUT2D eigenvalue weighted by molar-refractivity contribution is 7.89. The fourth-order valence-corrected chi connectivity index (χ4v) is 4.99. The first-order valence-electron chi connectivity index (χ1n) is 9.99. The Kier molecular flexibility index (Phi) is 6.02. The van der Waals surface area contributed by atoms with Crippen molar-refractivity contribution in [3.8, 4) is 5.88 Å². The highest BCUT2D eigenvalue weighted by Gasteiger charge is 2.28. The smallest absolute Gasteiger partial charge is 0.244 e. The van der Waals surface area contributed by atoms with E-state index in [1.165, 1.54) is 10.5 Å². The molecule has 2 aliphatic heterocycles. The number of rotatable bonds is 5. The summed E-state index contributed by atoms with van der Waals surface area (Å²) in [5.74, 6) is 1.97. The van der Waals surface area contributed by atoms with Crippen molar-refractivity contribution in [3.63, 3.8) is 0 Å². The zero-order chi connectivity index (χ0) is 21.1. The Morgan fingerprint density at radius 2 is 1.60 bits per heavy atom. The molecule has 4 heterocycles. The zero-order valence-electron chi connectivity index (χ0n) is 17.3.